The van der Waals surface area contributed by atoms with Gasteiger partial charge >= 0.3 is 18.4 Å². The molecule has 0 saturated carbocycles. The molecule has 1 fully saturated rings. The zero-order valence-electron chi connectivity index (χ0n) is 23.0. The van der Waals surface area contributed by atoms with Crippen LogP contribution in [0.3, 0.4) is 0 Å². The van der Waals surface area contributed by atoms with E-state index < -0.39 is 35.4 Å². The summed E-state index contributed by atoms with van der Waals surface area (Å²) in [6.07, 6.45) is -8.53. The van der Waals surface area contributed by atoms with Gasteiger partial charge in [0.15, 0.2) is 0 Å². The Morgan fingerprint density at radius 3 is 2.33 bits per heavy atom. The third-order valence-corrected chi connectivity index (χ3v) is 7.50. The van der Waals surface area contributed by atoms with Crippen molar-refractivity contribution in [3.63, 3.8) is 0 Å². The third kappa shape index (κ3) is 7.42. The molecule has 13 heteroatoms. The number of nitrogens with one attached hydrogen (secondary N) is 2. The Morgan fingerprint density at radius 1 is 0.930 bits per heavy atom. The zero-order valence-corrected chi connectivity index (χ0v) is 23.8. The van der Waals surface area contributed by atoms with Crippen molar-refractivity contribution < 1.29 is 35.9 Å². The first kappa shape index (κ1) is 32.2. The second-order valence-electron chi connectivity index (χ2n) is 10.6. The van der Waals surface area contributed by atoms with Crippen LogP contribution in [0.25, 0.3) is 0 Å². The van der Waals surface area contributed by atoms with Gasteiger partial charge in [0.1, 0.15) is 0 Å². The SMILES string of the molecule is Cc1cc2c(cc1C(F)(F)F)N(C(=O)Nc1cc(C(=O)NC3CCN(Cc4ccccc4)C3)cc(C(F)(F)F)c1)CC2.Cl. The zero-order chi connectivity index (χ0) is 30.2. The highest BCUT2D eigenvalue weighted by Gasteiger charge is 2.36. The molecular weight excluding hydrogens is 598 g/mol. The standard InChI is InChI=1S/C30H28F6N4O2.ClH/c1-18-11-20-7-10-40(26(20)15-25(18)30(34,35)36)28(42)38-24-13-21(12-22(14-24)29(31,32)33)27(41)37-23-8-9-39(17-23)16-19-5-3-2-4-6-19;/h2-6,11-15,23H,7-10,16-17H2,1H3,(H,37,41)(H,38,42);1H. The predicted molar refractivity (Wildman–Crippen MR) is 153 cm³/mol. The molecule has 43 heavy (non-hydrogen) atoms. The van der Waals surface area contributed by atoms with Crippen LogP contribution in [0.4, 0.5) is 42.5 Å². The number of nitrogens with zero attached hydrogens (tertiary/aromatic N) is 2. The van der Waals surface area contributed by atoms with Crippen molar-refractivity contribution in [2.24, 2.45) is 0 Å². The van der Waals surface area contributed by atoms with Gasteiger partial charge in [-0.3, -0.25) is 14.6 Å². The lowest BCUT2D eigenvalue weighted by molar-refractivity contribution is -0.138. The molecule has 1 atom stereocenters. The molecule has 0 bridgehead atoms. The molecule has 0 spiro atoms. The number of carbonyl (C=O) groups excluding carboxylic acids is 2. The molecule has 230 valence electrons. The van der Waals surface area contributed by atoms with E-state index in [-0.39, 0.29) is 47.5 Å². The number of aryl methyl sites for hydroxylation is 1. The summed E-state index contributed by atoms with van der Waals surface area (Å²) in [4.78, 5) is 29.3. The summed E-state index contributed by atoms with van der Waals surface area (Å²) in [6.45, 7) is 3.28. The van der Waals surface area contributed by atoms with Gasteiger partial charge in [-0.2, -0.15) is 26.3 Å². The summed E-state index contributed by atoms with van der Waals surface area (Å²) in [5.41, 5.74) is -0.940. The second kappa shape index (κ2) is 12.5. The largest absolute Gasteiger partial charge is 0.416 e. The maximum atomic E-state index is 13.7. The Balaban J connectivity index is 0.00000423. The number of halogens is 7. The van der Waals surface area contributed by atoms with Crippen LogP contribution in [-0.2, 0) is 25.3 Å². The topological polar surface area (TPSA) is 64.7 Å². The summed E-state index contributed by atoms with van der Waals surface area (Å²) in [7, 11) is 0. The van der Waals surface area contributed by atoms with Gasteiger partial charge in [-0.15, -0.1) is 12.4 Å². The van der Waals surface area contributed by atoms with E-state index in [9.17, 15) is 35.9 Å². The minimum Gasteiger partial charge on any atom is -0.348 e. The molecule has 0 aliphatic carbocycles. The highest BCUT2D eigenvalue weighted by atomic mass is 35.5. The van der Waals surface area contributed by atoms with Crippen LogP contribution in [0.2, 0.25) is 0 Å². The Kier molecular flexibility index (Phi) is 9.31. The monoisotopic (exact) mass is 626 g/mol. The smallest absolute Gasteiger partial charge is 0.348 e. The van der Waals surface area contributed by atoms with Crippen molar-refractivity contribution in [1.29, 1.82) is 0 Å². The van der Waals surface area contributed by atoms with E-state index in [0.717, 1.165) is 22.6 Å². The number of fused-ring (bicyclic) bond motifs is 1. The molecule has 3 aromatic rings. The number of hydrogen-bond donors (Lipinski definition) is 2. The van der Waals surface area contributed by atoms with Crippen molar-refractivity contribution in [3.8, 4) is 0 Å². The van der Waals surface area contributed by atoms with Crippen molar-refractivity contribution in [2.45, 2.75) is 44.7 Å². The van der Waals surface area contributed by atoms with E-state index in [4.69, 9.17) is 0 Å². The van der Waals surface area contributed by atoms with E-state index in [1.165, 1.54) is 13.0 Å². The normalized spacial score (nSPS) is 16.9. The average Bonchev–Trinajstić information content (AvgIpc) is 3.53. The van der Waals surface area contributed by atoms with Gasteiger partial charge in [0, 0.05) is 49.2 Å². The summed E-state index contributed by atoms with van der Waals surface area (Å²) >= 11 is 0. The van der Waals surface area contributed by atoms with E-state index in [1.807, 2.05) is 30.3 Å². The van der Waals surface area contributed by atoms with E-state index in [1.54, 1.807) is 0 Å². The molecule has 6 nitrogen and oxygen atoms in total. The first-order valence-corrected chi connectivity index (χ1v) is 13.4. The molecule has 2 N–H and O–H groups in total. The quantitative estimate of drug-likeness (QED) is 0.298. The lowest BCUT2D eigenvalue weighted by Crippen LogP contribution is -2.37. The fourth-order valence-electron chi connectivity index (χ4n) is 5.47. The molecule has 2 heterocycles. The summed E-state index contributed by atoms with van der Waals surface area (Å²) in [5.74, 6) is -0.722. The first-order chi connectivity index (χ1) is 19.8. The number of urea groups is 1. The average molecular weight is 627 g/mol. The number of likely N-dealkylation sites (tertiary alicyclic amines) is 1. The Bertz CT molecular complexity index is 1500. The van der Waals surface area contributed by atoms with Crippen LogP contribution in [-0.4, -0.2) is 42.5 Å². The van der Waals surface area contributed by atoms with Crippen molar-refractivity contribution in [1.82, 2.24) is 10.2 Å². The Hall–Kier alpha value is -3.77. The van der Waals surface area contributed by atoms with Crippen LogP contribution in [0.15, 0.2) is 60.7 Å². The lowest BCUT2D eigenvalue weighted by Gasteiger charge is -2.21. The minimum atomic E-state index is -4.81. The molecule has 5 rings (SSSR count). The number of alkyl halides is 6. The maximum absolute atomic E-state index is 13.7. The van der Waals surface area contributed by atoms with Crippen LogP contribution in [0, 0.1) is 6.92 Å². The second-order valence-corrected chi connectivity index (χ2v) is 10.6. The van der Waals surface area contributed by atoms with Gasteiger partial charge < -0.3 is 10.6 Å². The summed E-state index contributed by atoms with van der Waals surface area (Å²) in [5, 5.41) is 5.14. The predicted octanol–water partition coefficient (Wildman–Crippen LogP) is 7.05. The van der Waals surface area contributed by atoms with Gasteiger partial charge in [-0.25, -0.2) is 4.79 Å². The van der Waals surface area contributed by atoms with Gasteiger partial charge in [0.2, 0.25) is 0 Å². The highest BCUT2D eigenvalue weighted by molar-refractivity contribution is 6.04. The minimum absolute atomic E-state index is 0. The number of carbonyl (C=O) groups is 2. The van der Waals surface area contributed by atoms with E-state index in [0.29, 0.717) is 50.2 Å². The lowest BCUT2D eigenvalue weighted by atomic mass is 10.0. The molecule has 2 aliphatic heterocycles. The molecule has 3 aromatic carbocycles. The van der Waals surface area contributed by atoms with Crippen molar-refractivity contribution in [2.75, 3.05) is 29.9 Å². The summed E-state index contributed by atoms with van der Waals surface area (Å²) < 4.78 is 81.6. The van der Waals surface area contributed by atoms with Gasteiger partial charge in [-0.1, -0.05) is 36.4 Å². The van der Waals surface area contributed by atoms with Gasteiger partial charge in [-0.05, 0) is 60.7 Å². The van der Waals surface area contributed by atoms with E-state index >= 15 is 0 Å². The maximum Gasteiger partial charge on any atom is 0.416 e. The van der Waals surface area contributed by atoms with Crippen molar-refractivity contribution >= 4 is 35.7 Å². The fraction of sp³-hybridized carbons (Fsp3) is 0.333. The molecule has 1 unspecified atom stereocenters. The highest BCUT2D eigenvalue weighted by Crippen LogP contribution is 2.39. The Labute approximate surface area is 250 Å². The van der Waals surface area contributed by atoms with Crippen LogP contribution < -0.4 is 15.5 Å². The number of benzene rings is 3. The van der Waals surface area contributed by atoms with Crippen molar-refractivity contribution in [3.05, 3.63) is 94.0 Å². The number of rotatable bonds is 5. The Morgan fingerprint density at radius 2 is 1.65 bits per heavy atom. The molecular formula is C30H29ClF6N4O2. The molecule has 0 aromatic heterocycles. The molecule has 1 saturated heterocycles. The third-order valence-electron chi connectivity index (χ3n) is 7.50. The molecule has 2 aliphatic rings. The fourth-order valence-corrected chi connectivity index (χ4v) is 5.47. The van der Waals surface area contributed by atoms with Crippen LogP contribution in [0.1, 0.15) is 44.6 Å². The van der Waals surface area contributed by atoms with Crippen LogP contribution >= 0.6 is 12.4 Å². The number of hydrogen-bond acceptors (Lipinski definition) is 3. The molecule has 3 amide bonds. The van der Waals surface area contributed by atoms with Gasteiger partial charge in [0.05, 0.1) is 11.1 Å². The first-order valence-electron chi connectivity index (χ1n) is 13.4. The summed E-state index contributed by atoms with van der Waals surface area (Å²) in [6, 6.07) is 13.4. The molecule has 0 radical (unpaired) electrons. The number of anilines is 2. The van der Waals surface area contributed by atoms with E-state index in [2.05, 4.69) is 15.5 Å². The van der Waals surface area contributed by atoms with Crippen LogP contribution in [0.5, 0.6) is 0 Å². The number of amides is 3. The van der Waals surface area contributed by atoms with Gasteiger partial charge in [0.25, 0.3) is 5.91 Å².